The Morgan fingerprint density at radius 1 is 1.33 bits per heavy atom. The largest absolute Gasteiger partial charge is 0.384 e. The van der Waals surface area contributed by atoms with Gasteiger partial charge < -0.3 is 10.4 Å². The van der Waals surface area contributed by atoms with Crippen LogP contribution in [0.3, 0.4) is 0 Å². The Bertz CT molecular complexity index is 624. The van der Waals surface area contributed by atoms with Crippen LogP contribution in [0.15, 0.2) is 36.7 Å². The quantitative estimate of drug-likeness (QED) is 0.617. The first-order chi connectivity index (χ1) is 10.3. The number of rotatable bonds is 5. The molecule has 0 spiro atoms. The summed E-state index contributed by atoms with van der Waals surface area (Å²) in [7, 11) is 0. The van der Waals surface area contributed by atoms with Gasteiger partial charge in [0.15, 0.2) is 0 Å². The molecular weight excluding hydrogens is 268 g/mol. The molecule has 2 N–H and O–H groups in total. The number of nitrogens with one attached hydrogen (secondary N) is 1. The molecule has 0 saturated carbocycles. The van der Waals surface area contributed by atoms with E-state index >= 15 is 0 Å². The van der Waals surface area contributed by atoms with Gasteiger partial charge in [-0.2, -0.15) is 0 Å². The number of aliphatic hydroxyl groups excluding tert-OH is 1. The summed E-state index contributed by atoms with van der Waals surface area (Å²) in [5.41, 5.74) is 1.36. The van der Waals surface area contributed by atoms with Gasteiger partial charge in [-0.25, -0.2) is 0 Å². The summed E-state index contributed by atoms with van der Waals surface area (Å²) < 4.78 is 1.72. The molecule has 6 heteroatoms. The maximum atomic E-state index is 11.9. The lowest BCUT2D eigenvalue weighted by Gasteiger charge is -2.05. The lowest BCUT2D eigenvalue weighted by Crippen LogP contribution is -2.25. The monoisotopic (exact) mass is 284 g/mol. The van der Waals surface area contributed by atoms with Crippen molar-refractivity contribution in [2.45, 2.75) is 13.0 Å². The van der Waals surface area contributed by atoms with Gasteiger partial charge >= 0.3 is 0 Å². The summed E-state index contributed by atoms with van der Waals surface area (Å²) in [5, 5.41) is 19.0. The number of aliphatic hydroxyl groups is 1. The standard InChI is InChI=1S/C15H16N4O2/c20-12-1-3-13-4-6-14(7-5-13)15(21)16-8-2-10-19-11-9-17-18-19/h4-7,9,11,20H,2,8,10,12H2,(H,16,21). The molecule has 1 heterocycles. The van der Waals surface area contributed by atoms with Crippen molar-refractivity contribution in [1.82, 2.24) is 20.3 Å². The Labute approximate surface area is 122 Å². The first-order valence-electron chi connectivity index (χ1n) is 6.61. The average molecular weight is 284 g/mol. The van der Waals surface area contributed by atoms with Crippen molar-refractivity contribution in [2.75, 3.05) is 13.2 Å². The smallest absolute Gasteiger partial charge is 0.251 e. The van der Waals surface area contributed by atoms with Crippen molar-refractivity contribution in [3.05, 3.63) is 47.8 Å². The summed E-state index contributed by atoms with van der Waals surface area (Å²) in [5.74, 6) is 5.23. The Balaban J connectivity index is 1.77. The van der Waals surface area contributed by atoms with Gasteiger partial charge in [0.2, 0.25) is 0 Å². The first-order valence-corrected chi connectivity index (χ1v) is 6.61. The molecule has 108 valence electrons. The van der Waals surface area contributed by atoms with E-state index in [4.69, 9.17) is 5.11 Å². The number of benzene rings is 1. The Kier molecular flexibility index (Phi) is 5.50. The lowest BCUT2D eigenvalue weighted by molar-refractivity contribution is 0.0952. The third-order valence-corrected chi connectivity index (χ3v) is 2.78. The van der Waals surface area contributed by atoms with Gasteiger partial charge in [-0.1, -0.05) is 17.1 Å². The van der Waals surface area contributed by atoms with Crippen LogP contribution in [0.2, 0.25) is 0 Å². The van der Waals surface area contributed by atoms with Crippen molar-refractivity contribution < 1.29 is 9.90 Å². The molecule has 0 fully saturated rings. The highest BCUT2D eigenvalue weighted by Crippen LogP contribution is 2.03. The van der Waals surface area contributed by atoms with Gasteiger partial charge in [-0.3, -0.25) is 9.48 Å². The molecule has 0 aliphatic heterocycles. The summed E-state index contributed by atoms with van der Waals surface area (Å²) in [4.78, 5) is 11.9. The number of hydrogen-bond donors (Lipinski definition) is 2. The van der Waals surface area contributed by atoms with Crippen LogP contribution in [-0.2, 0) is 6.54 Å². The molecule has 0 atom stereocenters. The van der Waals surface area contributed by atoms with Crippen LogP contribution in [0.5, 0.6) is 0 Å². The molecule has 0 unspecified atom stereocenters. The van der Waals surface area contributed by atoms with Crippen molar-refractivity contribution in [1.29, 1.82) is 0 Å². The second-order valence-electron chi connectivity index (χ2n) is 4.31. The first kappa shape index (κ1) is 14.8. The zero-order valence-electron chi connectivity index (χ0n) is 11.5. The van der Waals surface area contributed by atoms with Gasteiger partial charge in [-0.05, 0) is 30.7 Å². The minimum absolute atomic E-state index is 0.116. The summed E-state index contributed by atoms with van der Waals surface area (Å²) in [6.45, 7) is 1.12. The molecule has 0 saturated heterocycles. The van der Waals surface area contributed by atoms with Crippen LogP contribution in [0, 0.1) is 11.8 Å². The third kappa shape index (κ3) is 4.75. The third-order valence-electron chi connectivity index (χ3n) is 2.78. The van der Waals surface area contributed by atoms with E-state index in [0.717, 1.165) is 18.5 Å². The molecule has 0 aliphatic rings. The molecule has 0 aliphatic carbocycles. The lowest BCUT2D eigenvalue weighted by atomic mass is 10.1. The fourth-order valence-electron chi connectivity index (χ4n) is 1.74. The normalized spacial score (nSPS) is 9.76. The molecule has 0 radical (unpaired) electrons. The average Bonchev–Trinajstić information content (AvgIpc) is 3.03. The van der Waals surface area contributed by atoms with Crippen LogP contribution in [0.4, 0.5) is 0 Å². The second-order valence-corrected chi connectivity index (χ2v) is 4.31. The highest BCUT2D eigenvalue weighted by Gasteiger charge is 2.04. The molecular formula is C15H16N4O2. The Hall–Kier alpha value is -2.65. The van der Waals surface area contributed by atoms with E-state index < -0.39 is 0 Å². The zero-order chi connectivity index (χ0) is 14.9. The number of carbonyl (C=O) groups excluding carboxylic acids is 1. The number of aryl methyl sites for hydroxylation is 1. The highest BCUT2D eigenvalue weighted by atomic mass is 16.2. The summed E-state index contributed by atoms with van der Waals surface area (Å²) >= 11 is 0. The predicted molar refractivity (Wildman–Crippen MR) is 77.4 cm³/mol. The van der Waals surface area contributed by atoms with Gasteiger partial charge in [0.1, 0.15) is 6.61 Å². The van der Waals surface area contributed by atoms with Gasteiger partial charge in [0.05, 0.1) is 6.20 Å². The maximum absolute atomic E-state index is 11.9. The number of hydrogen-bond acceptors (Lipinski definition) is 4. The molecule has 6 nitrogen and oxygen atoms in total. The molecule has 1 amide bonds. The van der Waals surface area contributed by atoms with E-state index in [-0.39, 0.29) is 12.5 Å². The molecule has 1 aromatic carbocycles. The fourth-order valence-corrected chi connectivity index (χ4v) is 1.74. The van der Waals surface area contributed by atoms with E-state index in [1.165, 1.54) is 0 Å². The van der Waals surface area contributed by atoms with Gasteiger partial charge in [0.25, 0.3) is 5.91 Å². The summed E-state index contributed by atoms with van der Waals surface area (Å²) in [6.07, 6.45) is 4.20. The maximum Gasteiger partial charge on any atom is 0.251 e. The van der Waals surface area contributed by atoms with Crippen LogP contribution >= 0.6 is 0 Å². The van der Waals surface area contributed by atoms with Crippen molar-refractivity contribution in [2.24, 2.45) is 0 Å². The minimum atomic E-state index is -0.173. The summed E-state index contributed by atoms with van der Waals surface area (Å²) in [6, 6.07) is 6.95. The van der Waals surface area contributed by atoms with E-state index in [2.05, 4.69) is 27.5 Å². The highest BCUT2D eigenvalue weighted by molar-refractivity contribution is 5.94. The van der Waals surface area contributed by atoms with Crippen LogP contribution in [0.25, 0.3) is 0 Å². The van der Waals surface area contributed by atoms with Crippen molar-refractivity contribution in [3.8, 4) is 11.8 Å². The van der Waals surface area contributed by atoms with E-state index in [0.29, 0.717) is 12.1 Å². The van der Waals surface area contributed by atoms with E-state index in [1.807, 2.05) is 0 Å². The topological polar surface area (TPSA) is 80.0 Å². The van der Waals surface area contributed by atoms with E-state index in [9.17, 15) is 4.79 Å². The van der Waals surface area contributed by atoms with Gasteiger partial charge in [0, 0.05) is 30.4 Å². The number of nitrogens with zero attached hydrogens (tertiary/aromatic N) is 3. The molecule has 1 aromatic heterocycles. The van der Waals surface area contributed by atoms with Crippen molar-refractivity contribution in [3.63, 3.8) is 0 Å². The zero-order valence-corrected chi connectivity index (χ0v) is 11.5. The van der Waals surface area contributed by atoms with Crippen molar-refractivity contribution >= 4 is 5.91 Å². The molecule has 0 bridgehead atoms. The van der Waals surface area contributed by atoms with Crippen LogP contribution < -0.4 is 5.32 Å². The van der Waals surface area contributed by atoms with Crippen LogP contribution in [0.1, 0.15) is 22.3 Å². The number of amides is 1. The fraction of sp³-hybridized carbons (Fsp3) is 0.267. The molecule has 2 rings (SSSR count). The number of aromatic nitrogens is 3. The van der Waals surface area contributed by atoms with Gasteiger partial charge in [-0.15, -0.1) is 5.10 Å². The molecule has 21 heavy (non-hydrogen) atoms. The second kappa shape index (κ2) is 7.82. The Morgan fingerprint density at radius 2 is 2.14 bits per heavy atom. The minimum Gasteiger partial charge on any atom is -0.384 e. The predicted octanol–water partition coefficient (Wildman–Crippen LogP) is 0.442. The van der Waals surface area contributed by atoms with Crippen LogP contribution in [-0.4, -0.2) is 39.2 Å². The number of carbonyl (C=O) groups is 1. The Morgan fingerprint density at radius 3 is 2.81 bits per heavy atom. The van der Waals surface area contributed by atoms with E-state index in [1.54, 1.807) is 41.3 Å². The SMILES string of the molecule is O=C(NCCCn1ccnn1)c1ccc(C#CCO)cc1. The molecule has 2 aromatic rings.